The number of unbranched alkanes of at least 4 members (excludes halogenated alkanes) is 4. The van der Waals surface area contributed by atoms with Gasteiger partial charge in [-0.2, -0.15) is 0 Å². The predicted octanol–water partition coefficient (Wildman–Crippen LogP) is 1.61. The Morgan fingerprint density at radius 1 is 1.11 bits per heavy atom. The van der Waals surface area contributed by atoms with Gasteiger partial charge in [-0.25, -0.2) is 4.79 Å². The van der Waals surface area contributed by atoms with Gasteiger partial charge in [-0.15, -0.1) is 0 Å². The van der Waals surface area contributed by atoms with Crippen LogP contribution in [-0.4, -0.2) is 29.1 Å². The van der Waals surface area contributed by atoms with E-state index < -0.39 is 23.9 Å². The first-order valence-electron chi connectivity index (χ1n) is 6.69. The quantitative estimate of drug-likeness (QED) is 0.356. The summed E-state index contributed by atoms with van der Waals surface area (Å²) >= 11 is 0. The SMILES string of the molecule is CCCCCCCC(=O)OC(=O)[C@@H](N)CCC(=O)O. The molecule has 0 aliphatic carbocycles. The van der Waals surface area contributed by atoms with Crippen molar-refractivity contribution in [3.8, 4) is 0 Å². The van der Waals surface area contributed by atoms with Gasteiger partial charge in [-0.3, -0.25) is 9.59 Å². The monoisotopic (exact) mass is 273 g/mol. The summed E-state index contributed by atoms with van der Waals surface area (Å²) in [5, 5.41) is 8.44. The van der Waals surface area contributed by atoms with Crippen LogP contribution in [0.3, 0.4) is 0 Å². The van der Waals surface area contributed by atoms with Gasteiger partial charge in [0.2, 0.25) is 0 Å². The first-order chi connectivity index (χ1) is 8.97. The van der Waals surface area contributed by atoms with Gasteiger partial charge in [0.1, 0.15) is 6.04 Å². The van der Waals surface area contributed by atoms with Gasteiger partial charge in [0.05, 0.1) is 0 Å². The van der Waals surface area contributed by atoms with Crippen LogP contribution in [-0.2, 0) is 19.1 Å². The summed E-state index contributed by atoms with van der Waals surface area (Å²) in [7, 11) is 0. The molecule has 0 aromatic heterocycles. The normalized spacial score (nSPS) is 11.9. The zero-order chi connectivity index (χ0) is 14.7. The minimum Gasteiger partial charge on any atom is -0.481 e. The molecule has 0 spiro atoms. The van der Waals surface area contributed by atoms with E-state index in [0.29, 0.717) is 6.42 Å². The number of carbonyl (C=O) groups is 3. The van der Waals surface area contributed by atoms with Gasteiger partial charge in [0.15, 0.2) is 0 Å². The number of carboxylic acids is 1. The van der Waals surface area contributed by atoms with Gasteiger partial charge in [-0.05, 0) is 12.8 Å². The highest BCUT2D eigenvalue weighted by Crippen LogP contribution is 2.06. The average Bonchev–Trinajstić information content (AvgIpc) is 2.35. The molecule has 0 aliphatic heterocycles. The zero-order valence-corrected chi connectivity index (χ0v) is 11.4. The lowest BCUT2D eigenvalue weighted by Gasteiger charge is -2.08. The zero-order valence-electron chi connectivity index (χ0n) is 11.4. The van der Waals surface area contributed by atoms with Gasteiger partial charge < -0.3 is 15.6 Å². The van der Waals surface area contributed by atoms with Crippen molar-refractivity contribution in [2.75, 3.05) is 0 Å². The third-order valence-electron chi connectivity index (χ3n) is 2.67. The predicted molar refractivity (Wildman–Crippen MR) is 69.3 cm³/mol. The highest BCUT2D eigenvalue weighted by molar-refractivity contribution is 5.88. The van der Waals surface area contributed by atoms with Crippen LogP contribution in [0.2, 0.25) is 0 Å². The summed E-state index contributed by atoms with van der Waals surface area (Å²) in [5.41, 5.74) is 5.42. The summed E-state index contributed by atoms with van der Waals surface area (Å²) in [4.78, 5) is 33.0. The molecule has 0 unspecified atom stereocenters. The highest BCUT2D eigenvalue weighted by Gasteiger charge is 2.19. The lowest BCUT2D eigenvalue weighted by molar-refractivity contribution is -0.160. The van der Waals surface area contributed by atoms with Crippen LogP contribution < -0.4 is 5.73 Å². The molecular formula is C13H23NO5. The molecule has 3 N–H and O–H groups in total. The van der Waals surface area contributed by atoms with E-state index in [1.807, 2.05) is 0 Å². The van der Waals surface area contributed by atoms with Crippen molar-refractivity contribution in [2.45, 2.75) is 64.3 Å². The highest BCUT2D eigenvalue weighted by atomic mass is 16.6. The molecule has 0 fully saturated rings. The topological polar surface area (TPSA) is 107 Å². The maximum atomic E-state index is 11.3. The molecule has 0 aromatic rings. The van der Waals surface area contributed by atoms with E-state index in [2.05, 4.69) is 11.7 Å². The van der Waals surface area contributed by atoms with Crippen molar-refractivity contribution >= 4 is 17.9 Å². The molecule has 0 saturated heterocycles. The smallest absolute Gasteiger partial charge is 0.330 e. The number of hydrogen-bond acceptors (Lipinski definition) is 5. The molecule has 0 heterocycles. The van der Waals surface area contributed by atoms with Gasteiger partial charge >= 0.3 is 17.9 Å². The van der Waals surface area contributed by atoms with E-state index in [0.717, 1.165) is 25.7 Å². The number of carboxylic acid groups (broad SMARTS) is 1. The van der Waals surface area contributed by atoms with E-state index >= 15 is 0 Å². The van der Waals surface area contributed by atoms with Crippen molar-refractivity contribution in [3.63, 3.8) is 0 Å². The minimum atomic E-state index is -1.06. The second kappa shape index (κ2) is 10.5. The first kappa shape index (κ1) is 17.6. The Hall–Kier alpha value is -1.43. The van der Waals surface area contributed by atoms with E-state index in [1.165, 1.54) is 0 Å². The minimum absolute atomic E-state index is 0.0298. The number of esters is 2. The molecule has 110 valence electrons. The molecule has 0 bridgehead atoms. The number of aliphatic carboxylic acids is 1. The molecule has 0 saturated carbocycles. The van der Waals surface area contributed by atoms with Crippen LogP contribution in [0, 0.1) is 0 Å². The average molecular weight is 273 g/mol. The summed E-state index contributed by atoms with van der Waals surface area (Å²) in [6.45, 7) is 2.10. The van der Waals surface area contributed by atoms with E-state index in [1.54, 1.807) is 0 Å². The lowest BCUT2D eigenvalue weighted by atomic mass is 10.1. The van der Waals surface area contributed by atoms with E-state index in [9.17, 15) is 14.4 Å². The van der Waals surface area contributed by atoms with Crippen molar-refractivity contribution in [1.29, 1.82) is 0 Å². The molecule has 0 rings (SSSR count). The number of carbonyl (C=O) groups excluding carboxylic acids is 2. The van der Waals surface area contributed by atoms with Crippen molar-refractivity contribution in [1.82, 2.24) is 0 Å². The van der Waals surface area contributed by atoms with Crippen LogP contribution >= 0.6 is 0 Å². The second-order valence-corrected chi connectivity index (χ2v) is 4.50. The van der Waals surface area contributed by atoms with Crippen molar-refractivity contribution < 1.29 is 24.2 Å². The van der Waals surface area contributed by atoms with Crippen molar-refractivity contribution in [2.24, 2.45) is 5.73 Å². The first-order valence-corrected chi connectivity index (χ1v) is 6.69. The van der Waals surface area contributed by atoms with Crippen LogP contribution in [0.15, 0.2) is 0 Å². The van der Waals surface area contributed by atoms with E-state index in [4.69, 9.17) is 10.8 Å². The van der Waals surface area contributed by atoms with Crippen molar-refractivity contribution in [3.05, 3.63) is 0 Å². The third-order valence-corrected chi connectivity index (χ3v) is 2.67. The molecule has 0 radical (unpaired) electrons. The molecule has 6 nitrogen and oxygen atoms in total. The second-order valence-electron chi connectivity index (χ2n) is 4.50. The summed E-state index contributed by atoms with van der Waals surface area (Å²) in [6, 6.07) is -1.06. The Morgan fingerprint density at radius 2 is 1.74 bits per heavy atom. The maximum absolute atomic E-state index is 11.3. The Labute approximate surface area is 113 Å². The molecule has 0 aromatic carbocycles. The van der Waals surface area contributed by atoms with Crippen LogP contribution in [0.1, 0.15) is 58.3 Å². The van der Waals surface area contributed by atoms with Gasteiger partial charge in [-0.1, -0.05) is 32.6 Å². The summed E-state index contributed by atoms with van der Waals surface area (Å²) in [5.74, 6) is -2.47. The maximum Gasteiger partial charge on any atom is 0.330 e. The number of ether oxygens (including phenoxy) is 1. The summed E-state index contributed by atoms with van der Waals surface area (Å²) in [6.07, 6.45) is 4.89. The lowest BCUT2D eigenvalue weighted by Crippen LogP contribution is -2.34. The fraction of sp³-hybridized carbons (Fsp3) is 0.769. The van der Waals surface area contributed by atoms with Gasteiger partial charge in [0.25, 0.3) is 0 Å². The van der Waals surface area contributed by atoms with Crippen LogP contribution in [0.25, 0.3) is 0 Å². The Kier molecular flexibility index (Phi) is 9.70. The van der Waals surface area contributed by atoms with E-state index in [-0.39, 0.29) is 19.3 Å². The molecule has 1 atom stereocenters. The number of hydrogen-bond donors (Lipinski definition) is 2. The van der Waals surface area contributed by atoms with Gasteiger partial charge in [0, 0.05) is 12.8 Å². The molecular weight excluding hydrogens is 250 g/mol. The number of nitrogens with two attached hydrogens (primary N) is 1. The Bertz CT molecular complexity index is 303. The molecule has 0 aliphatic rings. The Morgan fingerprint density at radius 3 is 2.32 bits per heavy atom. The largest absolute Gasteiger partial charge is 0.481 e. The molecule has 0 amide bonds. The third kappa shape index (κ3) is 10.2. The number of rotatable bonds is 10. The van der Waals surface area contributed by atoms with Crippen LogP contribution in [0.4, 0.5) is 0 Å². The fourth-order valence-electron chi connectivity index (χ4n) is 1.51. The molecule has 6 heteroatoms. The molecule has 19 heavy (non-hydrogen) atoms. The standard InChI is InChI=1S/C13H23NO5/c1-2-3-4-5-6-7-12(17)19-13(18)10(14)8-9-11(15)16/h10H,2-9,14H2,1H3,(H,15,16)/t10-/m0/s1. The Balaban J connectivity index is 3.73. The summed E-state index contributed by atoms with van der Waals surface area (Å²) < 4.78 is 4.56. The van der Waals surface area contributed by atoms with Crippen LogP contribution in [0.5, 0.6) is 0 Å². The fourth-order valence-corrected chi connectivity index (χ4v) is 1.51.